The molecule has 4 rings (SSSR count). The number of nitrogens with zero attached hydrogens (tertiary/aromatic N) is 3. The maximum absolute atomic E-state index is 12.8. The number of nitrogens with one attached hydrogen (secondary N) is 4. The maximum atomic E-state index is 12.8. The van der Waals surface area contributed by atoms with Crippen LogP contribution in [0.25, 0.3) is 0 Å². The van der Waals surface area contributed by atoms with E-state index in [1.165, 1.54) is 0 Å². The summed E-state index contributed by atoms with van der Waals surface area (Å²) in [5.74, 6) is -0.213. The Balaban J connectivity index is 1.33. The fraction of sp³-hybridized carbons (Fsp3) is 0.273. The number of carbonyl (C=O) groups is 2. The average molecular weight is 419 g/mol. The van der Waals surface area contributed by atoms with Crippen molar-refractivity contribution in [2.45, 2.75) is 32.1 Å². The van der Waals surface area contributed by atoms with E-state index >= 15 is 0 Å². The molecule has 3 unspecified atom stereocenters. The molecule has 0 aliphatic carbocycles. The minimum Gasteiger partial charge on any atom is -0.337 e. The smallest absolute Gasteiger partial charge is 0.252 e. The monoisotopic (exact) mass is 419 g/mol. The van der Waals surface area contributed by atoms with Crippen LogP contribution in [0.2, 0.25) is 0 Å². The molecule has 4 N–H and O–H groups in total. The first kappa shape index (κ1) is 20.7. The van der Waals surface area contributed by atoms with E-state index in [-0.39, 0.29) is 29.9 Å². The van der Waals surface area contributed by atoms with Gasteiger partial charge in [0.05, 0.1) is 18.5 Å². The molecule has 9 heteroatoms. The Hall–Kier alpha value is -3.56. The number of aromatic nitrogens is 3. The number of amides is 2. The van der Waals surface area contributed by atoms with Crippen molar-refractivity contribution in [1.29, 1.82) is 0 Å². The van der Waals surface area contributed by atoms with Crippen molar-refractivity contribution in [1.82, 2.24) is 30.7 Å². The number of hydrazine groups is 1. The van der Waals surface area contributed by atoms with Gasteiger partial charge in [-0.15, -0.1) is 0 Å². The summed E-state index contributed by atoms with van der Waals surface area (Å²) < 4.78 is 1.84. The van der Waals surface area contributed by atoms with E-state index in [0.717, 1.165) is 5.56 Å². The molecule has 1 saturated heterocycles. The number of pyridine rings is 1. The summed E-state index contributed by atoms with van der Waals surface area (Å²) in [5.41, 5.74) is 8.56. The van der Waals surface area contributed by atoms with E-state index in [1.54, 1.807) is 49.2 Å². The molecule has 2 aromatic heterocycles. The molecule has 160 valence electrons. The Bertz CT molecular complexity index is 1020. The summed E-state index contributed by atoms with van der Waals surface area (Å²) in [6.07, 6.45) is 8.75. The maximum Gasteiger partial charge on any atom is 0.252 e. The summed E-state index contributed by atoms with van der Waals surface area (Å²) in [6.45, 7) is 2.61. The second-order valence-corrected chi connectivity index (χ2v) is 7.54. The molecular formula is C22H25N7O2. The Morgan fingerprint density at radius 1 is 1.10 bits per heavy atom. The molecule has 3 aromatic rings. The number of rotatable bonds is 7. The van der Waals surface area contributed by atoms with Crippen LogP contribution in [-0.4, -0.2) is 32.5 Å². The van der Waals surface area contributed by atoms with Gasteiger partial charge < -0.3 is 15.2 Å². The number of anilines is 1. The van der Waals surface area contributed by atoms with Gasteiger partial charge in [-0.25, -0.2) is 15.8 Å². The normalized spacial score (nSPS) is 20.4. The highest BCUT2D eigenvalue weighted by molar-refractivity contribution is 5.97. The third-order valence-corrected chi connectivity index (χ3v) is 5.36. The van der Waals surface area contributed by atoms with Crippen LogP contribution in [0.1, 0.15) is 35.3 Å². The molecule has 3 heterocycles. The van der Waals surface area contributed by atoms with Crippen molar-refractivity contribution >= 4 is 17.5 Å². The largest absolute Gasteiger partial charge is 0.337 e. The zero-order valence-corrected chi connectivity index (χ0v) is 17.2. The van der Waals surface area contributed by atoms with E-state index in [0.29, 0.717) is 24.2 Å². The van der Waals surface area contributed by atoms with Gasteiger partial charge in [-0.1, -0.05) is 13.0 Å². The molecule has 2 amide bonds. The van der Waals surface area contributed by atoms with Crippen LogP contribution < -0.4 is 21.5 Å². The SMILES string of the molecule is CC1C(NC(=O)c2cccc(NC(=O)CCn3ccnc3)c2)NNC1c1ccncc1. The van der Waals surface area contributed by atoms with Crippen molar-refractivity contribution in [3.8, 4) is 0 Å². The van der Waals surface area contributed by atoms with Crippen LogP contribution in [-0.2, 0) is 11.3 Å². The highest BCUT2D eigenvalue weighted by Crippen LogP contribution is 2.27. The number of hydrogen-bond donors (Lipinski definition) is 4. The van der Waals surface area contributed by atoms with Crippen molar-refractivity contribution in [3.05, 3.63) is 78.6 Å². The lowest BCUT2D eigenvalue weighted by Gasteiger charge is -2.20. The number of aryl methyl sites for hydroxylation is 1. The highest BCUT2D eigenvalue weighted by Gasteiger charge is 2.34. The lowest BCUT2D eigenvalue weighted by molar-refractivity contribution is -0.116. The number of benzene rings is 1. The third-order valence-electron chi connectivity index (χ3n) is 5.36. The minimum absolute atomic E-state index is 0.0643. The summed E-state index contributed by atoms with van der Waals surface area (Å²) >= 11 is 0. The first-order chi connectivity index (χ1) is 15.1. The Labute approximate surface area is 180 Å². The topological polar surface area (TPSA) is 113 Å². The van der Waals surface area contributed by atoms with Crippen LogP contribution >= 0.6 is 0 Å². The standard InChI is InChI=1S/C22H25N7O2/c1-15-20(16-5-8-23-9-6-16)27-28-21(15)26-22(31)17-3-2-4-18(13-17)25-19(30)7-11-29-12-10-24-14-29/h2-6,8-10,12-15,20-21,27-28H,7,11H2,1H3,(H,25,30)(H,26,31). The van der Waals surface area contributed by atoms with Gasteiger partial charge in [0.25, 0.3) is 5.91 Å². The number of imidazole rings is 1. The summed E-state index contributed by atoms with van der Waals surface area (Å²) in [7, 11) is 0. The van der Waals surface area contributed by atoms with Gasteiger partial charge in [-0.05, 0) is 35.9 Å². The molecule has 0 radical (unpaired) electrons. The fourth-order valence-electron chi connectivity index (χ4n) is 3.60. The van der Waals surface area contributed by atoms with Gasteiger partial charge in [0.15, 0.2) is 0 Å². The zero-order valence-electron chi connectivity index (χ0n) is 17.2. The van der Waals surface area contributed by atoms with Crippen LogP contribution in [0.15, 0.2) is 67.5 Å². The molecule has 1 aromatic carbocycles. The molecule has 0 spiro atoms. The van der Waals surface area contributed by atoms with Gasteiger partial charge in [0, 0.05) is 54.9 Å². The van der Waals surface area contributed by atoms with E-state index < -0.39 is 0 Å². The summed E-state index contributed by atoms with van der Waals surface area (Å²) in [6, 6.07) is 10.9. The quantitative estimate of drug-likeness (QED) is 0.465. The number of carbonyl (C=O) groups excluding carboxylic acids is 2. The molecule has 0 bridgehead atoms. The molecular weight excluding hydrogens is 394 g/mol. The van der Waals surface area contributed by atoms with Crippen molar-refractivity contribution in [2.75, 3.05) is 5.32 Å². The molecule has 1 fully saturated rings. The van der Waals surface area contributed by atoms with Crippen LogP contribution in [0.4, 0.5) is 5.69 Å². The minimum atomic E-state index is -0.237. The predicted molar refractivity (Wildman–Crippen MR) is 116 cm³/mol. The van der Waals surface area contributed by atoms with Crippen LogP contribution in [0, 0.1) is 5.92 Å². The third kappa shape index (κ3) is 5.14. The molecule has 9 nitrogen and oxygen atoms in total. The Kier molecular flexibility index (Phi) is 6.34. The molecule has 0 saturated carbocycles. The first-order valence-electron chi connectivity index (χ1n) is 10.2. The van der Waals surface area contributed by atoms with E-state index in [4.69, 9.17) is 0 Å². The van der Waals surface area contributed by atoms with E-state index in [9.17, 15) is 9.59 Å². The zero-order chi connectivity index (χ0) is 21.6. The highest BCUT2D eigenvalue weighted by atomic mass is 16.2. The number of hydrogen-bond acceptors (Lipinski definition) is 6. The Morgan fingerprint density at radius 2 is 1.94 bits per heavy atom. The average Bonchev–Trinajstić information content (AvgIpc) is 3.43. The lowest BCUT2D eigenvalue weighted by Crippen LogP contribution is -2.46. The lowest BCUT2D eigenvalue weighted by atomic mass is 9.95. The molecule has 1 aliphatic rings. The first-order valence-corrected chi connectivity index (χ1v) is 10.2. The van der Waals surface area contributed by atoms with Gasteiger partial charge in [-0.2, -0.15) is 0 Å². The van der Waals surface area contributed by atoms with Crippen LogP contribution in [0.5, 0.6) is 0 Å². The molecule has 1 aliphatic heterocycles. The second-order valence-electron chi connectivity index (χ2n) is 7.54. The van der Waals surface area contributed by atoms with Gasteiger partial charge in [-0.3, -0.25) is 14.6 Å². The van der Waals surface area contributed by atoms with E-state index in [1.807, 2.05) is 22.9 Å². The van der Waals surface area contributed by atoms with Crippen molar-refractivity contribution < 1.29 is 9.59 Å². The van der Waals surface area contributed by atoms with Crippen LogP contribution in [0.3, 0.4) is 0 Å². The molecule has 31 heavy (non-hydrogen) atoms. The predicted octanol–water partition coefficient (Wildman–Crippen LogP) is 1.85. The van der Waals surface area contributed by atoms with Gasteiger partial charge in [0.1, 0.15) is 0 Å². The van der Waals surface area contributed by atoms with Gasteiger partial charge in [0.2, 0.25) is 5.91 Å². The molecule has 3 atom stereocenters. The summed E-state index contributed by atoms with van der Waals surface area (Å²) in [5, 5.41) is 5.86. The second kappa shape index (κ2) is 9.50. The van der Waals surface area contributed by atoms with Gasteiger partial charge >= 0.3 is 0 Å². The van der Waals surface area contributed by atoms with E-state index in [2.05, 4.69) is 38.4 Å². The van der Waals surface area contributed by atoms with Crippen molar-refractivity contribution in [3.63, 3.8) is 0 Å². The fourth-order valence-corrected chi connectivity index (χ4v) is 3.60. The Morgan fingerprint density at radius 3 is 2.71 bits per heavy atom. The van der Waals surface area contributed by atoms with Crippen molar-refractivity contribution in [2.24, 2.45) is 5.92 Å². The summed E-state index contributed by atoms with van der Waals surface area (Å²) in [4.78, 5) is 33.0.